The number of aromatic nitrogens is 6. The van der Waals surface area contributed by atoms with Gasteiger partial charge in [0.15, 0.2) is 28.6 Å². The molecule has 1 atom stereocenters. The summed E-state index contributed by atoms with van der Waals surface area (Å²) in [6, 6.07) is 2.87. The van der Waals surface area contributed by atoms with Crippen LogP contribution in [0.4, 0.5) is 20.5 Å². The molecule has 0 saturated carbocycles. The number of aliphatic hydroxyl groups is 1. The van der Waals surface area contributed by atoms with Gasteiger partial charge in [-0.15, -0.1) is 0 Å². The zero-order valence-electron chi connectivity index (χ0n) is 19.2. The number of fused-ring (bicyclic) bond motifs is 2. The normalized spacial score (nSPS) is 16.8. The van der Waals surface area contributed by atoms with Crippen molar-refractivity contribution < 1.29 is 13.9 Å². The Hall–Kier alpha value is -3.34. The first-order valence-electron chi connectivity index (χ1n) is 11.6. The summed E-state index contributed by atoms with van der Waals surface area (Å²) >= 11 is 0. The second kappa shape index (κ2) is 9.13. The molecule has 9 nitrogen and oxygen atoms in total. The van der Waals surface area contributed by atoms with Gasteiger partial charge in [-0.3, -0.25) is 0 Å². The van der Waals surface area contributed by atoms with Gasteiger partial charge >= 0.3 is 0 Å². The topological polar surface area (TPSA) is 108 Å². The van der Waals surface area contributed by atoms with Crippen LogP contribution in [-0.4, -0.2) is 53.8 Å². The zero-order valence-corrected chi connectivity index (χ0v) is 19.2. The number of aliphatic hydroxyl groups excluding tert-OH is 1. The monoisotopic (exact) mass is 470 g/mol. The van der Waals surface area contributed by atoms with Crippen LogP contribution in [0.5, 0.6) is 0 Å². The summed E-state index contributed by atoms with van der Waals surface area (Å²) in [7, 11) is 0. The van der Waals surface area contributed by atoms with Crippen molar-refractivity contribution in [3.8, 4) is 0 Å². The van der Waals surface area contributed by atoms with Crippen molar-refractivity contribution in [3.63, 3.8) is 0 Å². The summed E-state index contributed by atoms with van der Waals surface area (Å²) in [4.78, 5) is 23.6. The highest BCUT2D eigenvalue weighted by atomic mass is 19.2. The highest BCUT2D eigenvalue weighted by Gasteiger charge is 2.26. The number of imidazole rings is 2. The quantitative estimate of drug-likeness (QED) is 0.376. The van der Waals surface area contributed by atoms with Gasteiger partial charge in [0.2, 0.25) is 5.95 Å². The maximum absolute atomic E-state index is 14.1. The Balaban J connectivity index is 1.51. The number of H-pyrrole nitrogens is 1. The van der Waals surface area contributed by atoms with E-state index in [0.29, 0.717) is 40.7 Å². The van der Waals surface area contributed by atoms with Gasteiger partial charge in [-0.2, -0.15) is 9.97 Å². The molecule has 0 spiro atoms. The summed E-state index contributed by atoms with van der Waals surface area (Å²) in [5, 5.41) is 12.8. The average Bonchev–Trinajstić information content (AvgIpc) is 3.45. The largest absolute Gasteiger partial charge is 0.396 e. The molecule has 0 amide bonds. The third-order valence-corrected chi connectivity index (χ3v) is 6.33. The second-order valence-electron chi connectivity index (χ2n) is 8.94. The Labute approximate surface area is 195 Å². The molecule has 0 bridgehead atoms. The fraction of sp³-hybridized carbons (Fsp3) is 0.478. The number of hydrogen-bond donors (Lipinski definition) is 3. The van der Waals surface area contributed by atoms with Crippen molar-refractivity contribution in [3.05, 3.63) is 35.9 Å². The fourth-order valence-corrected chi connectivity index (χ4v) is 4.57. The number of benzene rings is 1. The van der Waals surface area contributed by atoms with Gasteiger partial charge in [-0.1, -0.05) is 0 Å². The molecular weight excluding hydrogens is 442 g/mol. The van der Waals surface area contributed by atoms with Crippen LogP contribution in [0.25, 0.3) is 22.2 Å². The van der Waals surface area contributed by atoms with Crippen molar-refractivity contribution in [1.29, 1.82) is 0 Å². The number of anilines is 2. The smallest absolute Gasteiger partial charge is 0.229 e. The number of nitrogens with one attached hydrogen (secondary N) is 2. The van der Waals surface area contributed by atoms with E-state index in [0.717, 1.165) is 31.9 Å². The van der Waals surface area contributed by atoms with Crippen LogP contribution in [0, 0.1) is 11.6 Å². The van der Waals surface area contributed by atoms with E-state index < -0.39 is 11.6 Å². The summed E-state index contributed by atoms with van der Waals surface area (Å²) in [5.41, 5.74) is 1.73. The molecule has 5 rings (SSSR count). The van der Waals surface area contributed by atoms with Crippen molar-refractivity contribution in [2.75, 3.05) is 23.4 Å². The van der Waals surface area contributed by atoms with E-state index in [2.05, 4.69) is 39.0 Å². The van der Waals surface area contributed by atoms with Crippen LogP contribution in [0.1, 0.15) is 51.4 Å². The number of aromatic amines is 1. The number of piperidine rings is 1. The minimum atomic E-state index is -0.970. The standard InChI is InChI=1S/C23H28F2N8O/c1-13(2)33-12-27-20-21(26-11-17-28-16-7-6-15(24)18(25)19(16)29-17)30-23(31-22(20)33)32-9-4-3-5-14(32)8-10-34/h6-7,12-14,34H,3-5,8-11H2,1-2H3,(H,28,29)(H,26,30,31). The minimum Gasteiger partial charge on any atom is -0.396 e. The molecule has 1 fully saturated rings. The molecule has 3 N–H and O–H groups in total. The van der Waals surface area contributed by atoms with E-state index in [1.165, 1.54) is 6.07 Å². The Morgan fingerprint density at radius 1 is 1.18 bits per heavy atom. The molecule has 3 aromatic heterocycles. The lowest BCUT2D eigenvalue weighted by Gasteiger charge is -2.35. The maximum Gasteiger partial charge on any atom is 0.229 e. The highest BCUT2D eigenvalue weighted by molar-refractivity contribution is 5.84. The van der Waals surface area contributed by atoms with Gasteiger partial charge in [0.1, 0.15) is 11.3 Å². The SMILES string of the molecule is CC(C)n1cnc2c(NCc3nc4c(F)c(F)ccc4[nH]3)nc(N3CCCCC3CCO)nc21. The van der Waals surface area contributed by atoms with E-state index in [-0.39, 0.29) is 30.8 Å². The Kier molecular flexibility index (Phi) is 6.03. The third kappa shape index (κ3) is 4.04. The van der Waals surface area contributed by atoms with Gasteiger partial charge in [-0.05, 0) is 51.7 Å². The van der Waals surface area contributed by atoms with Crippen molar-refractivity contribution in [2.45, 2.75) is 58.2 Å². The van der Waals surface area contributed by atoms with Gasteiger partial charge in [0, 0.05) is 25.2 Å². The van der Waals surface area contributed by atoms with Crippen LogP contribution in [0.2, 0.25) is 0 Å². The first kappa shape index (κ1) is 22.5. The molecule has 11 heteroatoms. The van der Waals surface area contributed by atoms with E-state index >= 15 is 0 Å². The molecule has 1 aliphatic heterocycles. The maximum atomic E-state index is 14.1. The Morgan fingerprint density at radius 3 is 2.82 bits per heavy atom. The zero-order chi connectivity index (χ0) is 23.8. The lowest BCUT2D eigenvalue weighted by Crippen LogP contribution is -2.41. The highest BCUT2D eigenvalue weighted by Crippen LogP contribution is 2.29. The Morgan fingerprint density at radius 2 is 2.03 bits per heavy atom. The molecule has 180 valence electrons. The van der Waals surface area contributed by atoms with Crippen LogP contribution >= 0.6 is 0 Å². The summed E-state index contributed by atoms with van der Waals surface area (Å²) in [5.74, 6) is -0.318. The number of nitrogens with zero attached hydrogens (tertiary/aromatic N) is 6. The number of rotatable bonds is 7. The van der Waals surface area contributed by atoms with Gasteiger partial charge in [0.05, 0.1) is 18.4 Å². The predicted molar refractivity (Wildman–Crippen MR) is 126 cm³/mol. The van der Waals surface area contributed by atoms with Crippen LogP contribution < -0.4 is 10.2 Å². The van der Waals surface area contributed by atoms with Crippen LogP contribution in [0.3, 0.4) is 0 Å². The van der Waals surface area contributed by atoms with E-state index in [1.807, 2.05) is 4.57 Å². The number of halogens is 2. The van der Waals surface area contributed by atoms with Crippen molar-refractivity contribution in [2.24, 2.45) is 0 Å². The molecule has 4 aromatic rings. The summed E-state index contributed by atoms with van der Waals surface area (Å²) in [6.45, 7) is 5.28. The van der Waals surface area contributed by atoms with Gasteiger partial charge in [-0.25, -0.2) is 18.7 Å². The molecular formula is C23H28F2N8O. The van der Waals surface area contributed by atoms with Crippen LogP contribution in [0.15, 0.2) is 18.5 Å². The molecule has 1 aromatic carbocycles. The molecule has 1 saturated heterocycles. The third-order valence-electron chi connectivity index (χ3n) is 6.33. The fourth-order valence-electron chi connectivity index (χ4n) is 4.57. The van der Waals surface area contributed by atoms with Crippen molar-refractivity contribution >= 4 is 34.0 Å². The molecule has 0 aliphatic carbocycles. The molecule has 1 aliphatic rings. The molecule has 4 heterocycles. The van der Waals surface area contributed by atoms with Crippen LogP contribution in [-0.2, 0) is 6.54 Å². The van der Waals surface area contributed by atoms with Gasteiger partial charge < -0.3 is 24.9 Å². The molecule has 1 unspecified atom stereocenters. The van der Waals surface area contributed by atoms with Crippen molar-refractivity contribution in [1.82, 2.24) is 29.5 Å². The average molecular weight is 471 g/mol. The van der Waals surface area contributed by atoms with Gasteiger partial charge in [0.25, 0.3) is 0 Å². The summed E-state index contributed by atoms with van der Waals surface area (Å²) < 4.78 is 29.6. The van der Waals surface area contributed by atoms with E-state index in [4.69, 9.17) is 9.97 Å². The lowest BCUT2D eigenvalue weighted by atomic mass is 10.0. The first-order chi connectivity index (χ1) is 16.5. The Bertz CT molecular complexity index is 1320. The summed E-state index contributed by atoms with van der Waals surface area (Å²) in [6.07, 6.45) is 5.54. The minimum absolute atomic E-state index is 0.0328. The van der Waals surface area contributed by atoms with E-state index in [1.54, 1.807) is 6.33 Å². The number of hydrogen-bond acceptors (Lipinski definition) is 7. The first-order valence-corrected chi connectivity index (χ1v) is 11.6. The lowest BCUT2D eigenvalue weighted by molar-refractivity contribution is 0.262. The molecule has 34 heavy (non-hydrogen) atoms. The molecule has 0 radical (unpaired) electrons. The predicted octanol–water partition coefficient (Wildman–Crippen LogP) is 3.92. The van der Waals surface area contributed by atoms with E-state index in [9.17, 15) is 13.9 Å². The second-order valence-corrected chi connectivity index (χ2v) is 8.94.